The molecular formula is C17H18F3N3O2S. The van der Waals surface area contributed by atoms with Crippen LogP contribution in [0.4, 0.5) is 18.3 Å². The second-order valence-electron chi connectivity index (χ2n) is 5.97. The second-order valence-corrected chi connectivity index (χ2v) is 6.98. The van der Waals surface area contributed by atoms with Crippen LogP contribution < -0.4 is 9.64 Å². The van der Waals surface area contributed by atoms with Gasteiger partial charge in [-0.3, -0.25) is 4.79 Å². The number of carbonyl (C=O) groups is 1. The van der Waals surface area contributed by atoms with Crippen LogP contribution in [-0.4, -0.2) is 49.1 Å². The predicted molar refractivity (Wildman–Crippen MR) is 93.0 cm³/mol. The van der Waals surface area contributed by atoms with Crippen molar-refractivity contribution < 1.29 is 22.7 Å². The van der Waals surface area contributed by atoms with Gasteiger partial charge in [0.2, 0.25) is 0 Å². The molecule has 1 fully saturated rings. The Morgan fingerprint density at radius 1 is 1.23 bits per heavy atom. The topological polar surface area (TPSA) is 45.7 Å². The summed E-state index contributed by atoms with van der Waals surface area (Å²) in [7, 11) is 1.55. The Balaban J connectivity index is 1.65. The van der Waals surface area contributed by atoms with Crippen molar-refractivity contribution in [3.8, 4) is 5.75 Å². The quantitative estimate of drug-likeness (QED) is 0.812. The minimum atomic E-state index is -4.38. The lowest BCUT2D eigenvalue weighted by Crippen LogP contribution is -2.48. The van der Waals surface area contributed by atoms with Gasteiger partial charge in [-0.1, -0.05) is 17.4 Å². The average Bonchev–Trinajstić information content (AvgIpc) is 3.12. The van der Waals surface area contributed by atoms with E-state index in [-0.39, 0.29) is 5.91 Å². The highest BCUT2D eigenvalue weighted by Gasteiger charge is 2.34. The SMILES string of the molecule is COc1cc(C(=O)N2CCN(c3ncc(C(F)(F)F)s3)CC2)ccc1C. The highest BCUT2D eigenvalue weighted by Crippen LogP contribution is 2.36. The van der Waals surface area contributed by atoms with Crippen molar-refractivity contribution in [1.82, 2.24) is 9.88 Å². The number of amides is 1. The van der Waals surface area contributed by atoms with Gasteiger partial charge in [0.15, 0.2) is 5.13 Å². The number of aromatic nitrogens is 1. The van der Waals surface area contributed by atoms with Crippen LogP contribution in [0.15, 0.2) is 24.4 Å². The van der Waals surface area contributed by atoms with Gasteiger partial charge in [-0.2, -0.15) is 13.2 Å². The van der Waals surface area contributed by atoms with E-state index < -0.39 is 11.1 Å². The third-order valence-corrected chi connectivity index (χ3v) is 5.37. The van der Waals surface area contributed by atoms with E-state index in [0.717, 1.165) is 11.8 Å². The lowest BCUT2D eigenvalue weighted by atomic mass is 10.1. The summed E-state index contributed by atoms with van der Waals surface area (Å²) < 4.78 is 43.4. The highest BCUT2D eigenvalue weighted by atomic mass is 32.1. The summed E-state index contributed by atoms with van der Waals surface area (Å²) in [6.07, 6.45) is -3.52. The fraction of sp³-hybridized carbons (Fsp3) is 0.412. The van der Waals surface area contributed by atoms with E-state index in [1.807, 2.05) is 13.0 Å². The fourth-order valence-corrected chi connectivity index (χ4v) is 3.61. The maximum Gasteiger partial charge on any atom is 0.427 e. The van der Waals surface area contributed by atoms with Crippen LogP contribution in [0.3, 0.4) is 0 Å². The van der Waals surface area contributed by atoms with Crippen LogP contribution in [0, 0.1) is 6.92 Å². The van der Waals surface area contributed by atoms with Gasteiger partial charge in [-0.15, -0.1) is 0 Å². The first kappa shape index (κ1) is 18.5. The summed E-state index contributed by atoms with van der Waals surface area (Å²) in [5.74, 6) is 0.537. The number of alkyl halides is 3. The van der Waals surface area contributed by atoms with Crippen molar-refractivity contribution in [3.05, 3.63) is 40.4 Å². The molecule has 1 saturated heterocycles. The number of anilines is 1. The molecule has 1 aromatic carbocycles. The lowest BCUT2D eigenvalue weighted by molar-refractivity contribution is -0.134. The van der Waals surface area contributed by atoms with Crippen LogP contribution >= 0.6 is 11.3 Å². The van der Waals surface area contributed by atoms with Gasteiger partial charge < -0.3 is 14.5 Å². The summed E-state index contributed by atoms with van der Waals surface area (Å²) in [4.78, 5) is 19.3. The van der Waals surface area contributed by atoms with E-state index >= 15 is 0 Å². The minimum Gasteiger partial charge on any atom is -0.496 e. The van der Waals surface area contributed by atoms with E-state index in [2.05, 4.69) is 4.98 Å². The normalized spacial score (nSPS) is 15.3. The molecule has 0 N–H and O–H groups in total. The number of rotatable bonds is 3. The zero-order valence-corrected chi connectivity index (χ0v) is 15.2. The maximum atomic E-state index is 12.7. The monoisotopic (exact) mass is 385 g/mol. The van der Waals surface area contributed by atoms with E-state index in [9.17, 15) is 18.0 Å². The number of halogens is 3. The van der Waals surface area contributed by atoms with Crippen molar-refractivity contribution in [1.29, 1.82) is 0 Å². The number of nitrogens with zero attached hydrogens (tertiary/aromatic N) is 3. The van der Waals surface area contributed by atoms with Crippen LogP contribution in [0.5, 0.6) is 5.75 Å². The Hall–Kier alpha value is -2.29. The third-order valence-electron chi connectivity index (χ3n) is 4.27. The number of methoxy groups -OCH3 is 1. The molecule has 9 heteroatoms. The van der Waals surface area contributed by atoms with Gasteiger partial charge in [0.25, 0.3) is 5.91 Å². The molecule has 0 saturated carbocycles. The van der Waals surface area contributed by atoms with Gasteiger partial charge in [0, 0.05) is 31.7 Å². The number of aryl methyl sites for hydroxylation is 1. The number of thiazole rings is 1. The van der Waals surface area contributed by atoms with Crippen LogP contribution in [0.25, 0.3) is 0 Å². The van der Waals surface area contributed by atoms with Gasteiger partial charge in [-0.25, -0.2) is 4.98 Å². The predicted octanol–water partition coefficient (Wildman–Crippen LogP) is 3.44. The first-order valence-electron chi connectivity index (χ1n) is 8.01. The molecule has 140 valence electrons. The molecule has 0 radical (unpaired) electrons. The molecule has 1 aliphatic rings. The molecule has 0 spiro atoms. The maximum absolute atomic E-state index is 12.7. The van der Waals surface area contributed by atoms with Gasteiger partial charge >= 0.3 is 6.18 Å². The van der Waals surface area contributed by atoms with Crippen LogP contribution in [0.2, 0.25) is 0 Å². The molecule has 1 aromatic heterocycles. The van der Waals surface area contributed by atoms with Gasteiger partial charge in [0.1, 0.15) is 10.6 Å². The van der Waals surface area contributed by atoms with E-state index in [1.165, 1.54) is 0 Å². The van der Waals surface area contributed by atoms with E-state index in [0.29, 0.717) is 54.0 Å². The van der Waals surface area contributed by atoms with E-state index in [1.54, 1.807) is 29.0 Å². The number of piperazine rings is 1. The van der Waals surface area contributed by atoms with Crippen molar-refractivity contribution in [3.63, 3.8) is 0 Å². The Bertz CT molecular complexity index is 799. The molecule has 3 rings (SSSR count). The first-order valence-corrected chi connectivity index (χ1v) is 8.83. The second kappa shape index (κ2) is 7.14. The molecule has 1 amide bonds. The Morgan fingerprint density at radius 3 is 2.50 bits per heavy atom. The van der Waals surface area contributed by atoms with Crippen molar-refractivity contribution >= 4 is 22.4 Å². The third kappa shape index (κ3) is 3.77. The summed E-state index contributed by atoms with van der Waals surface area (Å²) in [6.45, 7) is 3.64. The summed E-state index contributed by atoms with van der Waals surface area (Å²) in [5.41, 5.74) is 1.48. The van der Waals surface area contributed by atoms with Gasteiger partial charge in [-0.05, 0) is 24.6 Å². The molecule has 0 bridgehead atoms. The number of benzene rings is 1. The van der Waals surface area contributed by atoms with Crippen LogP contribution in [0.1, 0.15) is 20.8 Å². The summed E-state index contributed by atoms with van der Waals surface area (Å²) in [5, 5.41) is 0.335. The van der Waals surface area contributed by atoms with Gasteiger partial charge in [0.05, 0.1) is 13.3 Å². The molecule has 1 aliphatic heterocycles. The summed E-state index contributed by atoms with van der Waals surface area (Å²) in [6, 6.07) is 5.29. The van der Waals surface area contributed by atoms with Crippen LogP contribution in [-0.2, 0) is 6.18 Å². The average molecular weight is 385 g/mol. The smallest absolute Gasteiger partial charge is 0.427 e. The van der Waals surface area contributed by atoms with E-state index in [4.69, 9.17) is 4.74 Å². The van der Waals surface area contributed by atoms with Crippen molar-refractivity contribution in [2.24, 2.45) is 0 Å². The zero-order chi connectivity index (χ0) is 18.9. The molecule has 26 heavy (non-hydrogen) atoms. The summed E-state index contributed by atoms with van der Waals surface area (Å²) >= 11 is 0.629. The lowest BCUT2D eigenvalue weighted by Gasteiger charge is -2.34. The molecule has 5 nitrogen and oxygen atoms in total. The molecule has 0 aliphatic carbocycles. The standard InChI is InChI=1S/C17H18F3N3O2S/c1-11-3-4-12(9-13(11)25-2)15(24)22-5-7-23(8-6-22)16-21-10-14(26-16)17(18,19)20/h3-4,9-10H,5-8H2,1-2H3. The molecule has 0 atom stereocenters. The Labute approximate surface area is 153 Å². The zero-order valence-electron chi connectivity index (χ0n) is 14.3. The molecular weight excluding hydrogens is 367 g/mol. The number of hydrogen-bond acceptors (Lipinski definition) is 5. The van der Waals surface area contributed by atoms with Crippen molar-refractivity contribution in [2.75, 3.05) is 38.2 Å². The number of ether oxygens (including phenoxy) is 1. The fourth-order valence-electron chi connectivity index (χ4n) is 2.78. The molecule has 2 heterocycles. The number of carbonyl (C=O) groups excluding carboxylic acids is 1. The molecule has 0 unspecified atom stereocenters. The largest absolute Gasteiger partial charge is 0.496 e. The Morgan fingerprint density at radius 2 is 1.92 bits per heavy atom. The minimum absolute atomic E-state index is 0.113. The first-order chi connectivity index (χ1) is 12.3. The Kier molecular flexibility index (Phi) is 5.08. The number of hydrogen-bond donors (Lipinski definition) is 0. The van der Waals surface area contributed by atoms with Crippen molar-refractivity contribution in [2.45, 2.75) is 13.1 Å². The highest BCUT2D eigenvalue weighted by molar-refractivity contribution is 7.15. The molecule has 2 aromatic rings.